The first kappa shape index (κ1) is 15.0. The molecule has 0 amide bonds. The largest absolute Gasteiger partial charge is 0.378 e. The van der Waals surface area contributed by atoms with Crippen LogP contribution in [0.1, 0.15) is 5.56 Å². The van der Waals surface area contributed by atoms with Crippen molar-refractivity contribution in [1.82, 2.24) is 10.2 Å². The van der Waals surface area contributed by atoms with Gasteiger partial charge in [0, 0.05) is 18.9 Å². The molecule has 0 bridgehead atoms. The highest BCUT2D eigenvalue weighted by Crippen LogP contribution is 2.21. The minimum atomic E-state index is -3.18. The highest BCUT2D eigenvalue weighted by Gasteiger charge is 2.07. The molecule has 0 spiro atoms. The molecule has 1 aromatic carbocycles. The SMILES string of the molecule is CS(=O)(=O)c1ccc(CNc2cc(Cl)nnc2Cl)cc1. The maximum atomic E-state index is 11.3. The topological polar surface area (TPSA) is 72.0 Å². The Balaban J connectivity index is 2.10. The second kappa shape index (κ2) is 5.95. The van der Waals surface area contributed by atoms with Gasteiger partial charge in [-0.3, -0.25) is 0 Å². The Labute approximate surface area is 126 Å². The summed E-state index contributed by atoms with van der Waals surface area (Å²) in [4.78, 5) is 0.285. The van der Waals surface area contributed by atoms with Gasteiger partial charge in [0.05, 0.1) is 10.6 Å². The Morgan fingerprint density at radius 2 is 1.80 bits per heavy atom. The summed E-state index contributed by atoms with van der Waals surface area (Å²) < 4.78 is 22.7. The average molecular weight is 332 g/mol. The molecule has 2 aromatic rings. The van der Waals surface area contributed by atoms with Crippen molar-refractivity contribution in [3.05, 3.63) is 46.2 Å². The van der Waals surface area contributed by atoms with Crippen LogP contribution >= 0.6 is 23.2 Å². The third-order valence-corrected chi connectivity index (χ3v) is 4.15. The lowest BCUT2D eigenvalue weighted by atomic mass is 10.2. The van der Waals surface area contributed by atoms with Gasteiger partial charge < -0.3 is 5.32 Å². The maximum absolute atomic E-state index is 11.3. The Bertz CT molecular complexity index is 718. The first-order valence-electron chi connectivity index (χ1n) is 5.58. The fourth-order valence-electron chi connectivity index (χ4n) is 1.53. The second-order valence-electron chi connectivity index (χ2n) is 4.14. The molecule has 0 aliphatic heterocycles. The Morgan fingerprint density at radius 1 is 1.15 bits per heavy atom. The summed E-state index contributed by atoms with van der Waals surface area (Å²) in [6, 6.07) is 8.15. The molecular formula is C12H11Cl2N3O2S. The van der Waals surface area contributed by atoms with E-state index in [2.05, 4.69) is 15.5 Å². The zero-order valence-electron chi connectivity index (χ0n) is 10.5. The zero-order valence-corrected chi connectivity index (χ0v) is 12.8. The molecule has 20 heavy (non-hydrogen) atoms. The van der Waals surface area contributed by atoms with Crippen LogP contribution in [0.2, 0.25) is 10.3 Å². The molecule has 1 heterocycles. The van der Waals surface area contributed by atoms with Gasteiger partial charge in [-0.05, 0) is 17.7 Å². The molecule has 0 aliphatic rings. The van der Waals surface area contributed by atoms with E-state index in [-0.39, 0.29) is 15.2 Å². The molecule has 0 saturated carbocycles. The zero-order chi connectivity index (χ0) is 14.8. The van der Waals surface area contributed by atoms with Crippen LogP contribution in [0.5, 0.6) is 0 Å². The predicted octanol–water partition coefficient (Wildman–Crippen LogP) is 2.80. The van der Waals surface area contributed by atoms with Crippen molar-refractivity contribution in [2.24, 2.45) is 0 Å². The summed E-state index contributed by atoms with van der Waals surface area (Å²) >= 11 is 11.6. The minimum Gasteiger partial charge on any atom is -0.378 e. The number of sulfone groups is 1. The quantitative estimate of drug-likeness (QED) is 0.932. The first-order valence-corrected chi connectivity index (χ1v) is 8.22. The average Bonchev–Trinajstić information content (AvgIpc) is 2.39. The van der Waals surface area contributed by atoms with E-state index in [4.69, 9.17) is 23.2 Å². The molecular weight excluding hydrogens is 321 g/mol. The number of aromatic nitrogens is 2. The van der Waals surface area contributed by atoms with Crippen LogP contribution < -0.4 is 5.32 Å². The molecule has 106 valence electrons. The van der Waals surface area contributed by atoms with E-state index in [9.17, 15) is 8.42 Å². The summed E-state index contributed by atoms with van der Waals surface area (Å²) in [5, 5.41) is 10.8. The van der Waals surface area contributed by atoms with Crippen molar-refractivity contribution in [3.8, 4) is 0 Å². The molecule has 0 aliphatic carbocycles. The first-order chi connectivity index (χ1) is 9.36. The van der Waals surface area contributed by atoms with Crippen LogP contribution in [0.15, 0.2) is 35.2 Å². The number of hydrogen-bond acceptors (Lipinski definition) is 5. The van der Waals surface area contributed by atoms with Gasteiger partial charge in [0.15, 0.2) is 20.1 Å². The van der Waals surface area contributed by atoms with Gasteiger partial charge in [-0.15, -0.1) is 10.2 Å². The summed E-state index contributed by atoms with van der Waals surface area (Å²) in [6.07, 6.45) is 1.17. The predicted molar refractivity (Wildman–Crippen MR) is 78.9 cm³/mol. The number of anilines is 1. The van der Waals surface area contributed by atoms with Crippen LogP contribution in [0.25, 0.3) is 0 Å². The van der Waals surface area contributed by atoms with Crippen molar-refractivity contribution >= 4 is 38.7 Å². The normalized spacial score (nSPS) is 11.3. The van der Waals surface area contributed by atoms with Crippen LogP contribution in [-0.2, 0) is 16.4 Å². The second-order valence-corrected chi connectivity index (χ2v) is 6.90. The third-order valence-electron chi connectivity index (χ3n) is 2.55. The van der Waals surface area contributed by atoms with E-state index in [1.165, 1.54) is 6.26 Å². The van der Waals surface area contributed by atoms with Gasteiger partial charge in [0.2, 0.25) is 0 Å². The number of benzene rings is 1. The molecule has 0 atom stereocenters. The fraction of sp³-hybridized carbons (Fsp3) is 0.167. The van der Waals surface area contributed by atoms with Gasteiger partial charge in [-0.25, -0.2) is 8.42 Å². The van der Waals surface area contributed by atoms with E-state index in [1.54, 1.807) is 30.3 Å². The van der Waals surface area contributed by atoms with Crippen LogP contribution in [0.3, 0.4) is 0 Å². The number of halogens is 2. The summed E-state index contributed by atoms with van der Waals surface area (Å²) in [5.41, 5.74) is 1.47. The lowest BCUT2D eigenvalue weighted by molar-refractivity contribution is 0.602. The van der Waals surface area contributed by atoms with E-state index in [0.717, 1.165) is 5.56 Å². The lowest BCUT2D eigenvalue weighted by Crippen LogP contribution is -2.02. The van der Waals surface area contributed by atoms with Crippen molar-refractivity contribution in [1.29, 1.82) is 0 Å². The summed E-state index contributed by atoms with van der Waals surface area (Å²) in [7, 11) is -3.18. The molecule has 1 aromatic heterocycles. The summed E-state index contributed by atoms with van der Waals surface area (Å²) in [6.45, 7) is 0.464. The smallest absolute Gasteiger partial charge is 0.175 e. The van der Waals surface area contributed by atoms with Gasteiger partial charge in [0.1, 0.15) is 0 Å². The van der Waals surface area contributed by atoms with Crippen LogP contribution in [-0.4, -0.2) is 24.9 Å². The van der Waals surface area contributed by atoms with Crippen molar-refractivity contribution in [2.75, 3.05) is 11.6 Å². The Hall–Kier alpha value is -1.37. The minimum absolute atomic E-state index is 0.224. The molecule has 2 rings (SSSR count). The molecule has 0 unspecified atom stereocenters. The molecule has 0 radical (unpaired) electrons. The maximum Gasteiger partial charge on any atom is 0.175 e. The van der Waals surface area contributed by atoms with Crippen LogP contribution in [0, 0.1) is 0 Å². The highest BCUT2D eigenvalue weighted by atomic mass is 35.5. The molecule has 0 fully saturated rings. The fourth-order valence-corrected chi connectivity index (χ4v) is 2.47. The Morgan fingerprint density at radius 3 is 2.40 bits per heavy atom. The van der Waals surface area contributed by atoms with E-state index < -0.39 is 9.84 Å². The van der Waals surface area contributed by atoms with Crippen molar-refractivity contribution < 1.29 is 8.42 Å². The number of nitrogens with one attached hydrogen (secondary N) is 1. The Kier molecular flexibility index (Phi) is 4.47. The number of nitrogens with zero attached hydrogens (tertiary/aromatic N) is 2. The summed E-state index contributed by atoms with van der Waals surface area (Å²) in [5.74, 6) is 0. The van der Waals surface area contributed by atoms with Gasteiger partial charge in [-0.2, -0.15) is 0 Å². The van der Waals surface area contributed by atoms with Gasteiger partial charge >= 0.3 is 0 Å². The standard InChI is InChI=1S/C12H11Cl2N3O2S/c1-20(18,19)9-4-2-8(3-5-9)7-15-10-6-11(13)16-17-12(10)14/h2-6H,7H2,1H3,(H,15,16). The molecule has 8 heteroatoms. The highest BCUT2D eigenvalue weighted by molar-refractivity contribution is 7.90. The van der Waals surface area contributed by atoms with Gasteiger partial charge in [0.25, 0.3) is 0 Å². The van der Waals surface area contributed by atoms with Gasteiger partial charge in [-0.1, -0.05) is 35.3 Å². The van der Waals surface area contributed by atoms with E-state index >= 15 is 0 Å². The number of hydrogen-bond donors (Lipinski definition) is 1. The third kappa shape index (κ3) is 3.82. The van der Waals surface area contributed by atoms with Crippen molar-refractivity contribution in [2.45, 2.75) is 11.4 Å². The lowest BCUT2D eigenvalue weighted by Gasteiger charge is -2.08. The molecule has 5 nitrogen and oxygen atoms in total. The number of rotatable bonds is 4. The van der Waals surface area contributed by atoms with E-state index in [1.807, 2.05) is 0 Å². The van der Waals surface area contributed by atoms with E-state index in [0.29, 0.717) is 12.2 Å². The molecule has 1 N–H and O–H groups in total. The monoisotopic (exact) mass is 331 g/mol. The van der Waals surface area contributed by atoms with Crippen LogP contribution in [0.4, 0.5) is 5.69 Å². The molecule has 0 saturated heterocycles. The van der Waals surface area contributed by atoms with Crippen molar-refractivity contribution in [3.63, 3.8) is 0 Å².